The SMILES string of the molecule is Cc1nn(CCc2ccccc2)c(N2CCCC2C(=O)O)c1S(C)(=O)=O. The van der Waals surface area contributed by atoms with Crippen LogP contribution in [-0.2, 0) is 27.6 Å². The molecule has 7 nitrogen and oxygen atoms in total. The highest BCUT2D eigenvalue weighted by molar-refractivity contribution is 7.91. The molecule has 0 saturated carbocycles. The summed E-state index contributed by atoms with van der Waals surface area (Å²) in [7, 11) is -3.53. The number of carboxylic acid groups (broad SMARTS) is 1. The van der Waals surface area contributed by atoms with Gasteiger partial charge in [-0.2, -0.15) is 5.10 Å². The van der Waals surface area contributed by atoms with E-state index in [4.69, 9.17) is 0 Å². The topological polar surface area (TPSA) is 92.5 Å². The first kappa shape index (κ1) is 18.4. The lowest BCUT2D eigenvalue weighted by Crippen LogP contribution is -2.38. The number of rotatable bonds is 6. The Bertz CT molecular complexity index is 906. The van der Waals surface area contributed by atoms with Crippen LogP contribution in [0.15, 0.2) is 35.2 Å². The Morgan fingerprint density at radius 1 is 1.31 bits per heavy atom. The van der Waals surface area contributed by atoms with Crippen LogP contribution in [0.4, 0.5) is 5.82 Å². The van der Waals surface area contributed by atoms with E-state index in [9.17, 15) is 18.3 Å². The van der Waals surface area contributed by atoms with Crippen LogP contribution in [0.1, 0.15) is 24.1 Å². The molecule has 1 aliphatic heterocycles. The van der Waals surface area contributed by atoms with E-state index in [-0.39, 0.29) is 4.90 Å². The summed E-state index contributed by atoms with van der Waals surface area (Å²) in [4.78, 5) is 13.4. The predicted molar refractivity (Wildman–Crippen MR) is 98.2 cm³/mol. The van der Waals surface area contributed by atoms with Crippen molar-refractivity contribution < 1.29 is 18.3 Å². The van der Waals surface area contributed by atoms with Crippen molar-refractivity contribution in [1.82, 2.24) is 9.78 Å². The van der Waals surface area contributed by atoms with E-state index in [1.54, 1.807) is 16.5 Å². The molecule has 1 fully saturated rings. The lowest BCUT2D eigenvalue weighted by atomic mass is 10.1. The number of hydrogen-bond donors (Lipinski definition) is 1. The van der Waals surface area contributed by atoms with Crippen molar-refractivity contribution in [3.8, 4) is 0 Å². The van der Waals surface area contributed by atoms with E-state index < -0.39 is 21.8 Å². The minimum atomic E-state index is -3.53. The van der Waals surface area contributed by atoms with Crippen molar-refractivity contribution in [3.05, 3.63) is 41.6 Å². The Balaban J connectivity index is 2.03. The number of carboxylic acids is 1. The summed E-state index contributed by atoms with van der Waals surface area (Å²) in [5.74, 6) is -0.527. The number of benzene rings is 1. The van der Waals surface area contributed by atoms with Crippen LogP contribution < -0.4 is 4.90 Å². The molecule has 8 heteroatoms. The fraction of sp³-hybridized carbons (Fsp3) is 0.444. The molecule has 0 spiro atoms. The van der Waals surface area contributed by atoms with Crippen molar-refractivity contribution in [2.45, 2.75) is 43.7 Å². The highest BCUT2D eigenvalue weighted by Crippen LogP contribution is 2.34. The van der Waals surface area contributed by atoms with E-state index in [0.29, 0.717) is 43.9 Å². The number of aryl methyl sites for hydroxylation is 3. The summed E-state index contributed by atoms with van der Waals surface area (Å²) < 4.78 is 26.4. The van der Waals surface area contributed by atoms with Gasteiger partial charge in [0.05, 0.1) is 5.69 Å². The molecule has 140 valence electrons. The van der Waals surface area contributed by atoms with Crippen LogP contribution >= 0.6 is 0 Å². The van der Waals surface area contributed by atoms with E-state index in [0.717, 1.165) is 11.8 Å². The highest BCUT2D eigenvalue weighted by atomic mass is 32.2. The predicted octanol–water partition coefficient (Wildman–Crippen LogP) is 1.89. The fourth-order valence-corrected chi connectivity index (χ4v) is 4.71. The standard InChI is InChI=1S/C18H23N3O4S/c1-13-16(26(2,24)25)17(20-11-6-9-15(20)18(22)23)21(19-13)12-10-14-7-4-3-5-8-14/h3-5,7-8,15H,6,9-12H2,1-2H3,(H,22,23). The fourth-order valence-electron chi connectivity index (χ4n) is 3.58. The normalized spacial score (nSPS) is 17.6. The second kappa shape index (κ2) is 7.11. The van der Waals surface area contributed by atoms with Gasteiger partial charge in [-0.1, -0.05) is 30.3 Å². The van der Waals surface area contributed by atoms with Gasteiger partial charge in [0.15, 0.2) is 9.84 Å². The summed E-state index contributed by atoms with van der Waals surface area (Å²) in [5.41, 5.74) is 1.52. The lowest BCUT2D eigenvalue weighted by molar-refractivity contribution is -0.138. The molecule has 26 heavy (non-hydrogen) atoms. The maximum Gasteiger partial charge on any atom is 0.326 e. The van der Waals surface area contributed by atoms with E-state index >= 15 is 0 Å². The largest absolute Gasteiger partial charge is 0.480 e. The number of anilines is 1. The van der Waals surface area contributed by atoms with Crippen LogP contribution in [0.2, 0.25) is 0 Å². The molecule has 2 aromatic rings. The van der Waals surface area contributed by atoms with Gasteiger partial charge in [-0.3, -0.25) is 0 Å². The van der Waals surface area contributed by atoms with Gasteiger partial charge in [-0.15, -0.1) is 0 Å². The Labute approximate surface area is 153 Å². The van der Waals surface area contributed by atoms with Crippen molar-refractivity contribution >= 4 is 21.6 Å². The number of aromatic nitrogens is 2. The van der Waals surface area contributed by atoms with Gasteiger partial charge >= 0.3 is 5.97 Å². The molecule has 1 aliphatic rings. The molecule has 0 radical (unpaired) electrons. The molecular formula is C18H23N3O4S. The van der Waals surface area contributed by atoms with Gasteiger partial charge in [0.1, 0.15) is 16.8 Å². The quantitative estimate of drug-likeness (QED) is 0.826. The number of nitrogens with zero attached hydrogens (tertiary/aromatic N) is 3. The van der Waals surface area contributed by atoms with Gasteiger partial charge in [0, 0.05) is 19.3 Å². The Kier molecular flexibility index (Phi) is 5.04. The third-order valence-corrected chi connectivity index (χ3v) is 5.90. The van der Waals surface area contributed by atoms with Gasteiger partial charge < -0.3 is 10.0 Å². The summed E-state index contributed by atoms with van der Waals surface area (Å²) in [6.07, 6.45) is 3.04. The second-order valence-electron chi connectivity index (χ2n) is 6.66. The van der Waals surface area contributed by atoms with Crippen LogP contribution in [0.3, 0.4) is 0 Å². The van der Waals surface area contributed by atoms with Crippen molar-refractivity contribution in [3.63, 3.8) is 0 Å². The highest BCUT2D eigenvalue weighted by Gasteiger charge is 2.37. The molecule has 3 rings (SSSR count). The average Bonchev–Trinajstić information content (AvgIpc) is 3.17. The molecule has 1 unspecified atom stereocenters. The molecule has 2 heterocycles. The number of aliphatic carboxylic acids is 1. The first-order valence-corrected chi connectivity index (χ1v) is 10.5. The molecule has 0 aliphatic carbocycles. The lowest BCUT2D eigenvalue weighted by Gasteiger charge is -2.25. The zero-order valence-electron chi connectivity index (χ0n) is 14.9. The second-order valence-corrected chi connectivity index (χ2v) is 8.61. The summed E-state index contributed by atoms with van der Waals surface area (Å²) in [6.45, 7) is 2.65. The molecule has 1 aromatic heterocycles. The van der Waals surface area contributed by atoms with Gasteiger partial charge in [-0.25, -0.2) is 17.9 Å². The molecule has 1 N–H and O–H groups in total. The summed E-state index contributed by atoms with van der Waals surface area (Å²) >= 11 is 0. The Morgan fingerprint density at radius 3 is 2.62 bits per heavy atom. The van der Waals surface area contributed by atoms with Crippen molar-refractivity contribution in [2.75, 3.05) is 17.7 Å². The molecule has 1 aromatic carbocycles. The molecular weight excluding hydrogens is 354 g/mol. The van der Waals surface area contributed by atoms with Crippen molar-refractivity contribution in [2.24, 2.45) is 0 Å². The van der Waals surface area contributed by atoms with Gasteiger partial charge in [0.25, 0.3) is 0 Å². The first-order valence-electron chi connectivity index (χ1n) is 8.60. The molecule has 0 bridgehead atoms. The molecule has 1 atom stereocenters. The molecule has 1 saturated heterocycles. The summed E-state index contributed by atoms with van der Waals surface area (Å²) in [5, 5.41) is 14.0. The number of carbonyl (C=O) groups is 1. The molecule has 0 amide bonds. The maximum atomic E-state index is 12.4. The smallest absolute Gasteiger partial charge is 0.326 e. The first-order chi connectivity index (χ1) is 12.3. The average molecular weight is 377 g/mol. The van der Waals surface area contributed by atoms with Crippen LogP contribution in [0.5, 0.6) is 0 Å². The van der Waals surface area contributed by atoms with E-state index in [1.807, 2.05) is 30.3 Å². The Morgan fingerprint density at radius 2 is 2.00 bits per heavy atom. The van der Waals surface area contributed by atoms with E-state index in [1.165, 1.54) is 0 Å². The number of sulfone groups is 1. The zero-order chi connectivity index (χ0) is 18.9. The Hall–Kier alpha value is -2.35. The summed E-state index contributed by atoms with van der Waals surface area (Å²) in [6, 6.07) is 9.13. The van der Waals surface area contributed by atoms with Crippen molar-refractivity contribution in [1.29, 1.82) is 0 Å². The van der Waals surface area contributed by atoms with Crippen LogP contribution in [0, 0.1) is 6.92 Å². The van der Waals surface area contributed by atoms with Gasteiger partial charge in [0.2, 0.25) is 0 Å². The minimum Gasteiger partial charge on any atom is -0.480 e. The van der Waals surface area contributed by atoms with Gasteiger partial charge in [-0.05, 0) is 31.7 Å². The number of hydrogen-bond acceptors (Lipinski definition) is 5. The van der Waals surface area contributed by atoms with E-state index in [2.05, 4.69) is 5.10 Å². The zero-order valence-corrected chi connectivity index (χ0v) is 15.7. The monoisotopic (exact) mass is 377 g/mol. The third-order valence-electron chi connectivity index (χ3n) is 4.68. The maximum absolute atomic E-state index is 12.4. The minimum absolute atomic E-state index is 0.138. The third kappa shape index (κ3) is 3.60. The van der Waals surface area contributed by atoms with Crippen LogP contribution in [0.25, 0.3) is 0 Å². The van der Waals surface area contributed by atoms with Crippen LogP contribution in [-0.4, -0.2) is 48.1 Å².